The Kier molecular flexibility index (Phi) is 4.60. The summed E-state index contributed by atoms with van der Waals surface area (Å²) >= 11 is 5.73. The van der Waals surface area contributed by atoms with Crippen molar-refractivity contribution in [3.05, 3.63) is 35.6 Å². The molecular weight excluding hydrogens is 203 g/mol. The Balaban J connectivity index is 2.78. The topological polar surface area (TPSA) is 17.1 Å². The van der Waals surface area contributed by atoms with Gasteiger partial charge >= 0.3 is 0 Å². The number of hydrogen-bond donors (Lipinski definition) is 0. The number of rotatable bonds is 5. The molecule has 1 unspecified atom stereocenters. The Morgan fingerprint density at radius 1 is 1.43 bits per heavy atom. The second-order valence-electron chi connectivity index (χ2n) is 3.12. The summed E-state index contributed by atoms with van der Waals surface area (Å²) in [4.78, 5) is 10.2. The summed E-state index contributed by atoms with van der Waals surface area (Å²) in [6.45, 7) is 0. The van der Waals surface area contributed by atoms with Crippen molar-refractivity contribution in [1.29, 1.82) is 0 Å². The zero-order valence-electron chi connectivity index (χ0n) is 7.75. The lowest BCUT2D eigenvalue weighted by Crippen LogP contribution is -2.03. The lowest BCUT2D eigenvalue weighted by atomic mass is 9.96. The zero-order valence-corrected chi connectivity index (χ0v) is 8.51. The molecule has 76 valence electrons. The largest absolute Gasteiger partial charge is 0.303 e. The fourth-order valence-electron chi connectivity index (χ4n) is 1.39. The van der Waals surface area contributed by atoms with Gasteiger partial charge in [-0.05, 0) is 18.1 Å². The third kappa shape index (κ3) is 2.81. The second-order valence-corrected chi connectivity index (χ2v) is 3.43. The van der Waals surface area contributed by atoms with Crippen LogP contribution in [0.1, 0.15) is 24.3 Å². The molecule has 1 aromatic rings. The molecule has 0 aliphatic heterocycles. The highest BCUT2D eigenvalue weighted by atomic mass is 35.5. The van der Waals surface area contributed by atoms with Gasteiger partial charge in [-0.25, -0.2) is 4.39 Å². The van der Waals surface area contributed by atoms with Gasteiger partial charge in [-0.3, -0.25) is 0 Å². The van der Waals surface area contributed by atoms with Crippen LogP contribution in [0.2, 0.25) is 0 Å². The van der Waals surface area contributed by atoms with E-state index in [0.29, 0.717) is 24.3 Å². The summed E-state index contributed by atoms with van der Waals surface area (Å²) in [6, 6.07) is 6.55. The molecule has 0 saturated heterocycles. The van der Waals surface area contributed by atoms with Crippen molar-refractivity contribution < 1.29 is 9.18 Å². The van der Waals surface area contributed by atoms with E-state index in [0.717, 1.165) is 6.29 Å². The summed E-state index contributed by atoms with van der Waals surface area (Å²) in [6.07, 6.45) is 1.86. The van der Waals surface area contributed by atoms with Gasteiger partial charge in [0, 0.05) is 18.2 Å². The molecule has 1 aromatic carbocycles. The van der Waals surface area contributed by atoms with Gasteiger partial charge in [-0.1, -0.05) is 18.2 Å². The van der Waals surface area contributed by atoms with Gasteiger partial charge in [0.15, 0.2) is 0 Å². The summed E-state index contributed by atoms with van der Waals surface area (Å²) in [5, 5.41) is 0. The van der Waals surface area contributed by atoms with Crippen LogP contribution in [0.5, 0.6) is 0 Å². The molecule has 0 fully saturated rings. The van der Waals surface area contributed by atoms with Gasteiger partial charge in [-0.2, -0.15) is 0 Å². The van der Waals surface area contributed by atoms with Crippen molar-refractivity contribution in [1.82, 2.24) is 0 Å². The minimum Gasteiger partial charge on any atom is -0.303 e. The Hall–Kier alpha value is -0.890. The third-order valence-corrected chi connectivity index (χ3v) is 2.54. The van der Waals surface area contributed by atoms with Crippen LogP contribution in [0.4, 0.5) is 4.39 Å². The van der Waals surface area contributed by atoms with Crippen LogP contribution in [0.3, 0.4) is 0 Å². The van der Waals surface area contributed by atoms with Crippen molar-refractivity contribution in [3.63, 3.8) is 0 Å². The molecule has 0 aliphatic rings. The fraction of sp³-hybridized carbons (Fsp3) is 0.364. The van der Waals surface area contributed by atoms with Crippen molar-refractivity contribution in [3.8, 4) is 0 Å². The Morgan fingerprint density at radius 3 is 2.71 bits per heavy atom. The van der Waals surface area contributed by atoms with Crippen LogP contribution >= 0.6 is 11.6 Å². The molecule has 1 nitrogen and oxygen atoms in total. The van der Waals surface area contributed by atoms with Crippen molar-refractivity contribution in [2.45, 2.75) is 18.8 Å². The molecule has 0 spiro atoms. The van der Waals surface area contributed by atoms with Crippen molar-refractivity contribution in [2.75, 3.05) is 5.88 Å². The normalized spacial score (nSPS) is 12.4. The van der Waals surface area contributed by atoms with E-state index in [9.17, 15) is 9.18 Å². The molecule has 0 heterocycles. The Bertz CT molecular complexity index is 301. The maximum Gasteiger partial charge on any atom is 0.126 e. The average Bonchev–Trinajstić information content (AvgIpc) is 2.21. The Morgan fingerprint density at radius 2 is 2.14 bits per heavy atom. The highest BCUT2D eigenvalue weighted by molar-refractivity contribution is 6.18. The number of alkyl halides is 1. The molecule has 0 bridgehead atoms. The van der Waals surface area contributed by atoms with E-state index in [4.69, 9.17) is 11.6 Å². The maximum atomic E-state index is 13.3. The van der Waals surface area contributed by atoms with Crippen molar-refractivity contribution >= 4 is 17.9 Å². The van der Waals surface area contributed by atoms with Crippen LogP contribution in [-0.2, 0) is 4.79 Å². The lowest BCUT2D eigenvalue weighted by Gasteiger charge is -2.13. The average molecular weight is 215 g/mol. The number of hydrogen-bond acceptors (Lipinski definition) is 1. The van der Waals surface area contributed by atoms with E-state index in [1.165, 1.54) is 6.07 Å². The molecule has 1 atom stereocenters. The summed E-state index contributed by atoms with van der Waals surface area (Å²) in [7, 11) is 0. The van der Waals surface area contributed by atoms with Crippen LogP contribution in [-0.4, -0.2) is 12.2 Å². The van der Waals surface area contributed by atoms with E-state index in [1.807, 2.05) is 0 Å². The third-order valence-electron chi connectivity index (χ3n) is 2.16. The molecule has 3 heteroatoms. The first-order valence-electron chi connectivity index (χ1n) is 4.53. The standard InChI is InChI=1S/C11H12ClFO/c12-8-9(4-3-7-14)10-5-1-2-6-11(10)13/h1-2,5-7,9H,3-4,8H2. The predicted octanol–water partition coefficient (Wildman–Crippen LogP) is 3.13. The highest BCUT2D eigenvalue weighted by Gasteiger charge is 2.13. The van der Waals surface area contributed by atoms with Crippen molar-refractivity contribution in [2.24, 2.45) is 0 Å². The van der Waals surface area contributed by atoms with Gasteiger partial charge < -0.3 is 4.79 Å². The lowest BCUT2D eigenvalue weighted by molar-refractivity contribution is -0.108. The van der Waals surface area contributed by atoms with E-state index < -0.39 is 0 Å². The fourth-order valence-corrected chi connectivity index (χ4v) is 1.71. The number of benzene rings is 1. The smallest absolute Gasteiger partial charge is 0.126 e. The molecule has 0 aromatic heterocycles. The van der Waals surface area contributed by atoms with Gasteiger partial charge in [0.2, 0.25) is 0 Å². The van der Waals surface area contributed by atoms with Crippen LogP contribution in [0.15, 0.2) is 24.3 Å². The Labute approximate surface area is 87.9 Å². The molecule has 0 saturated carbocycles. The second kappa shape index (κ2) is 5.76. The van der Waals surface area contributed by atoms with E-state index in [-0.39, 0.29) is 11.7 Å². The van der Waals surface area contributed by atoms with E-state index in [2.05, 4.69) is 0 Å². The minimum absolute atomic E-state index is 0.0666. The molecule has 0 aliphatic carbocycles. The first-order valence-corrected chi connectivity index (χ1v) is 5.07. The summed E-state index contributed by atoms with van der Waals surface area (Å²) in [5.41, 5.74) is 0.601. The predicted molar refractivity (Wildman–Crippen MR) is 55.2 cm³/mol. The number of aldehydes is 1. The zero-order chi connectivity index (χ0) is 10.4. The first kappa shape index (κ1) is 11.2. The van der Waals surface area contributed by atoms with E-state index >= 15 is 0 Å². The molecule has 0 radical (unpaired) electrons. The molecular formula is C11H12ClFO. The number of halogens is 2. The quantitative estimate of drug-likeness (QED) is 0.544. The molecule has 14 heavy (non-hydrogen) atoms. The van der Waals surface area contributed by atoms with Crippen LogP contribution in [0.25, 0.3) is 0 Å². The van der Waals surface area contributed by atoms with Gasteiger partial charge in [-0.15, -0.1) is 11.6 Å². The number of carbonyl (C=O) groups excluding carboxylic acids is 1. The number of carbonyl (C=O) groups is 1. The minimum atomic E-state index is -0.246. The molecule has 0 N–H and O–H groups in total. The van der Waals surface area contributed by atoms with Crippen LogP contribution < -0.4 is 0 Å². The highest BCUT2D eigenvalue weighted by Crippen LogP contribution is 2.24. The van der Waals surface area contributed by atoms with Gasteiger partial charge in [0.05, 0.1) is 0 Å². The van der Waals surface area contributed by atoms with Crippen LogP contribution in [0, 0.1) is 5.82 Å². The SMILES string of the molecule is O=CCCC(CCl)c1ccccc1F. The van der Waals surface area contributed by atoms with E-state index in [1.54, 1.807) is 18.2 Å². The summed E-state index contributed by atoms with van der Waals surface area (Å²) in [5.74, 6) is 0.0292. The summed E-state index contributed by atoms with van der Waals surface area (Å²) < 4.78 is 13.3. The maximum absolute atomic E-state index is 13.3. The van der Waals surface area contributed by atoms with Gasteiger partial charge in [0.25, 0.3) is 0 Å². The monoisotopic (exact) mass is 214 g/mol. The first-order chi connectivity index (χ1) is 6.79. The molecule has 1 rings (SSSR count). The molecule has 0 amide bonds. The van der Waals surface area contributed by atoms with Gasteiger partial charge in [0.1, 0.15) is 12.1 Å².